The van der Waals surface area contributed by atoms with Gasteiger partial charge in [0.1, 0.15) is 5.01 Å². The number of anilines is 1. The number of hydrogen-bond acceptors (Lipinski definition) is 8. The fraction of sp³-hybridized carbons (Fsp3) is 0.231. The van der Waals surface area contributed by atoms with E-state index in [0.717, 1.165) is 29.6 Å². The molecule has 0 unspecified atom stereocenters. The van der Waals surface area contributed by atoms with Crippen molar-refractivity contribution in [1.29, 1.82) is 0 Å². The number of benzene rings is 1. The molecule has 114 valence electrons. The first-order valence-corrected chi connectivity index (χ1v) is 10.2. The van der Waals surface area contributed by atoms with E-state index in [2.05, 4.69) is 20.5 Å². The summed E-state index contributed by atoms with van der Waals surface area (Å²) in [5.74, 6) is 0.276. The molecule has 0 aliphatic heterocycles. The number of amides is 1. The lowest BCUT2D eigenvalue weighted by molar-refractivity contribution is -0.113. The molecule has 0 fully saturated rings. The molecule has 2 heterocycles. The molecule has 2 aromatic heterocycles. The third kappa shape index (κ3) is 3.78. The second kappa shape index (κ2) is 6.95. The number of carbonyl (C=O) groups is 1. The number of aromatic nitrogens is 3. The van der Waals surface area contributed by atoms with Gasteiger partial charge in [0, 0.05) is 5.69 Å². The van der Waals surface area contributed by atoms with Crippen LogP contribution in [0.15, 0.2) is 26.9 Å². The Balaban J connectivity index is 1.63. The van der Waals surface area contributed by atoms with E-state index < -0.39 is 0 Å². The highest BCUT2D eigenvalue weighted by Gasteiger charge is 2.09. The van der Waals surface area contributed by atoms with E-state index in [1.807, 2.05) is 31.4 Å². The highest BCUT2D eigenvalue weighted by molar-refractivity contribution is 8.01. The van der Waals surface area contributed by atoms with Crippen molar-refractivity contribution in [2.24, 2.45) is 0 Å². The second-order valence-corrected chi connectivity index (χ2v) is 8.78. The number of carbonyl (C=O) groups excluding carboxylic acids is 1. The Labute approximate surface area is 143 Å². The van der Waals surface area contributed by atoms with E-state index in [9.17, 15) is 4.79 Å². The molecule has 0 spiro atoms. The van der Waals surface area contributed by atoms with Crippen molar-refractivity contribution < 1.29 is 4.79 Å². The van der Waals surface area contributed by atoms with Crippen molar-refractivity contribution in [2.75, 3.05) is 17.3 Å². The summed E-state index contributed by atoms with van der Waals surface area (Å²) in [5, 5.41) is 11.7. The lowest BCUT2D eigenvalue weighted by Gasteiger charge is -2.03. The summed E-state index contributed by atoms with van der Waals surface area (Å²) in [5.41, 5.74) is 1.76. The highest BCUT2D eigenvalue weighted by Crippen LogP contribution is 2.30. The summed E-state index contributed by atoms with van der Waals surface area (Å²) in [6.07, 6.45) is 2.01. The van der Waals surface area contributed by atoms with Crippen LogP contribution in [0.2, 0.25) is 0 Å². The average molecular weight is 369 g/mol. The van der Waals surface area contributed by atoms with Crippen LogP contribution in [0.4, 0.5) is 5.69 Å². The molecule has 1 N–H and O–H groups in total. The van der Waals surface area contributed by atoms with Gasteiger partial charge in [-0.25, -0.2) is 4.98 Å². The van der Waals surface area contributed by atoms with Crippen LogP contribution in [0.1, 0.15) is 5.01 Å². The third-order valence-corrected chi connectivity index (χ3v) is 6.64. The largest absolute Gasteiger partial charge is 0.325 e. The van der Waals surface area contributed by atoms with E-state index in [1.165, 1.54) is 23.1 Å². The lowest BCUT2D eigenvalue weighted by atomic mass is 10.3. The SMILES string of the molecule is CSc1nc2ccc(NC(=O)CSc3nnc(C)s3)cc2s1. The quantitative estimate of drug-likeness (QED) is 0.689. The molecule has 1 aromatic carbocycles. The van der Waals surface area contributed by atoms with Crippen molar-refractivity contribution in [2.45, 2.75) is 15.6 Å². The summed E-state index contributed by atoms with van der Waals surface area (Å²) < 4.78 is 2.92. The minimum atomic E-state index is -0.0493. The molecule has 0 atom stereocenters. The molecule has 0 radical (unpaired) electrons. The van der Waals surface area contributed by atoms with Crippen LogP contribution >= 0.6 is 46.2 Å². The monoisotopic (exact) mass is 368 g/mol. The smallest absolute Gasteiger partial charge is 0.234 e. The number of aryl methyl sites for hydroxylation is 1. The number of hydrogen-bond donors (Lipinski definition) is 1. The van der Waals surface area contributed by atoms with Gasteiger partial charge in [-0.15, -0.1) is 21.5 Å². The summed E-state index contributed by atoms with van der Waals surface area (Å²) in [6, 6.07) is 5.77. The number of rotatable bonds is 5. The van der Waals surface area contributed by atoms with Gasteiger partial charge in [0.15, 0.2) is 8.68 Å². The predicted octanol–water partition coefficient (Wildman–Crippen LogP) is 3.91. The van der Waals surface area contributed by atoms with Gasteiger partial charge in [-0.05, 0) is 31.4 Å². The summed E-state index contributed by atoms with van der Waals surface area (Å²) in [4.78, 5) is 16.5. The maximum atomic E-state index is 12.0. The van der Waals surface area contributed by atoms with Crippen molar-refractivity contribution in [1.82, 2.24) is 15.2 Å². The van der Waals surface area contributed by atoms with E-state index in [0.29, 0.717) is 5.75 Å². The Morgan fingerprint density at radius 1 is 1.27 bits per heavy atom. The molecule has 0 saturated heterocycles. The van der Waals surface area contributed by atoms with Crippen LogP contribution in [0, 0.1) is 6.92 Å². The summed E-state index contributed by atoms with van der Waals surface area (Å²) in [6.45, 7) is 1.90. The first-order chi connectivity index (χ1) is 10.6. The van der Waals surface area contributed by atoms with Crippen LogP contribution in [0.25, 0.3) is 10.2 Å². The number of thiazole rings is 1. The minimum Gasteiger partial charge on any atom is -0.325 e. The van der Waals surface area contributed by atoms with Gasteiger partial charge in [0.05, 0.1) is 16.0 Å². The fourth-order valence-electron chi connectivity index (χ4n) is 1.73. The van der Waals surface area contributed by atoms with Crippen molar-refractivity contribution in [3.05, 3.63) is 23.2 Å². The van der Waals surface area contributed by atoms with Gasteiger partial charge in [-0.1, -0.05) is 34.9 Å². The molecule has 3 aromatic rings. The molecule has 22 heavy (non-hydrogen) atoms. The van der Waals surface area contributed by atoms with Crippen molar-refractivity contribution in [3.63, 3.8) is 0 Å². The van der Waals surface area contributed by atoms with Gasteiger partial charge in [0.25, 0.3) is 0 Å². The summed E-state index contributed by atoms with van der Waals surface area (Å²) in [7, 11) is 0. The third-order valence-electron chi connectivity index (χ3n) is 2.66. The van der Waals surface area contributed by atoms with Crippen LogP contribution in [-0.4, -0.2) is 33.1 Å². The Morgan fingerprint density at radius 3 is 2.86 bits per heavy atom. The van der Waals surface area contributed by atoms with Gasteiger partial charge >= 0.3 is 0 Å². The Morgan fingerprint density at radius 2 is 2.14 bits per heavy atom. The van der Waals surface area contributed by atoms with Crippen molar-refractivity contribution >= 4 is 68.0 Å². The molecule has 0 bridgehead atoms. The number of fused-ring (bicyclic) bond motifs is 1. The zero-order valence-electron chi connectivity index (χ0n) is 11.8. The molecule has 0 aliphatic rings. The zero-order valence-corrected chi connectivity index (χ0v) is 15.1. The predicted molar refractivity (Wildman–Crippen MR) is 95.4 cm³/mol. The van der Waals surface area contributed by atoms with Gasteiger partial charge in [-0.2, -0.15) is 0 Å². The van der Waals surface area contributed by atoms with Crippen molar-refractivity contribution in [3.8, 4) is 0 Å². The molecular weight excluding hydrogens is 356 g/mol. The maximum absolute atomic E-state index is 12.0. The average Bonchev–Trinajstić information content (AvgIpc) is 3.10. The molecule has 0 saturated carbocycles. The normalized spacial score (nSPS) is 11.0. The van der Waals surface area contributed by atoms with Crippen LogP contribution in [0.5, 0.6) is 0 Å². The Hall–Kier alpha value is -1.16. The van der Waals surface area contributed by atoms with E-state index in [-0.39, 0.29) is 5.91 Å². The van der Waals surface area contributed by atoms with Crippen LogP contribution in [0.3, 0.4) is 0 Å². The molecule has 0 aliphatic carbocycles. The first-order valence-electron chi connectivity index (χ1n) is 6.31. The zero-order chi connectivity index (χ0) is 15.5. The topological polar surface area (TPSA) is 67.8 Å². The van der Waals surface area contributed by atoms with E-state index in [4.69, 9.17) is 0 Å². The Kier molecular flexibility index (Phi) is 4.97. The van der Waals surface area contributed by atoms with Crippen LogP contribution < -0.4 is 5.32 Å². The second-order valence-electron chi connectivity index (χ2n) is 4.29. The van der Waals surface area contributed by atoms with Gasteiger partial charge in [-0.3, -0.25) is 4.79 Å². The highest BCUT2D eigenvalue weighted by atomic mass is 32.2. The number of thioether (sulfide) groups is 2. The number of nitrogens with one attached hydrogen (secondary N) is 1. The molecule has 1 amide bonds. The minimum absolute atomic E-state index is 0.0493. The standard InChI is InChI=1S/C13H12N4OS4/c1-7-16-17-13(21-7)20-6-11(18)14-8-3-4-9-10(5-8)22-12(15-9)19-2/h3-5H,6H2,1-2H3,(H,14,18). The molecule has 3 rings (SSSR count). The molecule has 5 nitrogen and oxygen atoms in total. The summed E-state index contributed by atoms with van der Waals surface area (Å²) >= 11 is 6.15. The lowest BCUT2D eigenvalue weighted by Crippen LogP contribution is -2.13. The van der Waals surface area contributed by atoms with Gasteiger partial charge < -0.3 is 5.32 Å². The van der Waals surface area contributed by atoms with E-state index >= 15 is 0 Å². The fourth-order valence-corrected chi connectivity index (χ4v) is 4.87. The molecule has 9 heteroatoms. The molecular formula is C13H12N4OS4. The maximum Gasteiger partial charge on any atom is 0.234 e. The van der Waals surface area contributed by atoms with E-state index in [1.54, 1.807) is 23.1 Å². The number of nitrogens with zero attached hydrogens (tertiary/aromatic N) is 3. The first kappa shape index (κ1) is 15.7. The van der Waals surface area contributed by atoms with Gasteiger partial charge in [0.2, 0.25) is 5.91 Å². The Bertz CT molecular complexity index is 813. The van der Waals surface area contributed by atoms with Crippen LogP contribution in [-0.2, 0) is 4.79 Å².